The summed E-state index contributed by atoms with van der Waals surface area (Å²) >= 11 is 1.29. The Morgan fingerprint density at radius 1 is 1.69 bits per heavy atom. The molecule has 5 heteroatoms. The summed E-state index contributed by atoms with van der Waals surface area (Å²) in [5, 5.41) is 0.770. The Balaban J connectivity index is 2.70. The number of nitrogens with zero attached hydrogens (tertiary/aromatic N) is 1. The molecule has 1 aromatic rings. The van der Waals surface area contributed by atoms with E-state index in [-0.39, 0.29) is 12.6 Å². The van der Waals surface area contributed by atoms with Gasteiger partial charge < -0.3 is 9.47 Å². The van der Waals surface area contributed by atoms with Crippen molar-refractivity contribution in [3.05, 3.63) is 34.0 Å². The first-order chi connectivity index (χ1) is 7.69. The van der Waals surface area contributed by atoms with Gasteiger partial charge in [0, 0.05) is 7.11 Å². The molecule has 16 heavy (non-hydrogen) atoms. The molecular formula is C11H13NO3S. The molecule has 0 atom stereocenters. The highest BCUT2D eigenvalue weighted by Gasteiger charge is 2.15. The molecule has 1 aromatic heterocycles. The van der Waals surface area contributed by atoms with E-state index in [1.165, 1.54) is 11.3 Å². The minimum Gasteiger partial charge on any atom is -0.457 e. The first-order valence-electron chi connectivity index (χ1n) is 4.65. The topological polar surface area (TPSA) is 48.4 Å². The van der Waals surface area contributed by atoms with E-state index in [9.17, 15) is 4.79 Å². The summed E-state index contributed by atoms with van der Waals surface area (Å²) in [5.41, 5.74) is 3.20. The van der Waals surface area contributed by atoms with Gasteiger partial charge in [-0.15, -0.1) is 17.1 Å². The number of rotatable bonds is 5. The van der Waals surface area contributed by atoms with Crippen LogP contribution >= 0.6 is 11.3 Å². The van der Waals surface area contributed by atoms with E-state index in [1.807, 2.05) is 0 Å². The zero-order chi connectivity index (χ0) is 12.0. The zero-order valence-electron chi connectivity index (χ0n) is 9.28. The Labute approximate surface area is 98.2 Å². The van der Waals surface area contributed by atoms with Gasteiger partial charge >= 0.3 is 5.97 Å². The molecule has 0 aliphatic heterocycles. The summed E-state index contributed by atoms with van der Waals surface area (Å²) in [6.07, 6.45) is 1.55. The van der Waals surface area contributed by atoms with Gasteiger partial charge in [-0.05, 0) is 13.0 Å². The van der Waals surface area contributed by atoms with Crippen molar-refractivity contribution in [3.63, 3.8) is 0 Å². The molecule has 0 aliphatic carbocycles. The minimum absolute atomic E-state index is 0.180. The van der Waals surface area contributed by atoms with Crippen molar-refractivity contribution in [3.8, 4) is 0 Å². The van der Waals surface area contributed by atoms with Crippen LogP contribution in [0, 0.1) is 6.92 Å². The number of ether oxygens (including phenoxy) is 2. The fourth-order valence-corrected chi connectivity index (χ4v) is 2.00. The van der Waals surface area contributed by atoms with Gasteiger partial charge in [0.15, 0.2) is 0 Å². The van der Waals surface area contributed by atoms with Crippen LogP contribution in [0.4, 0.5) is 0 Å². The molecule has 0 saturated heterocycles. The van der Waals surface area contributed by atoms with Crippen LogP contribution in [-0.2, 0) is 16.1 Å². The first-order valence-corrected chi connectivity index (χ1v) is 5.47. The van der Waals surface area contributed by atoms with Crippen molar-refractivity contribution < 1.29 is 14.3 Å². The summed E-state index contributed by atoms with van der Waals surface area (Å²) in [5.74, 6) is -0.371. The third-order valence-corrected chi connectivity index (χ3v) is 2.85. The van der Waals surface area contributed by atoms with Crippen LogP contribution in [0.5, 0.6) is 0 Å². The maximum absolute atomic E-state index is 11.6. The molecule has 1 rings (SSSR count). The van der Waals surface area contributed by atoms with Crippen molar-refractivity contribution in [2.24, 2.45) is 0 Å². The minimum atomic E-state index is -0.371. The molecular weight excluding hydrogens is 226 g/mol. The van der Waals surface area contributed by atoms with E-state index in [2.05, 4.69) is 17.3 Å². The fourth-order valence-electron chi connectivity index (χ4n) is 1.07. The van der Waals surface area contributed by atoms with Crippen molar-refractivity contribution in [1.82, 2.24) is 4.98 Å². The van der Waals surface area contributed by atoms with Crippen LogP contribution in [0.3, 0.4) is 0 Å². The molecule has 0 aliphatic rings. The van der Waals surface area contributed by atoms with Crippen molar-refractivity contribution >= 4 is 17.3 Å². The fraction of sp³-hybridized carbons (Fsp3) is 0.364. The summed E-state index contributed by atoms with van der Waals surface area (Å²) in [4.78, 5) is 16.3. The normalized spacial score (nSPS) is 9.62. The van der Waals surface area contributed by atoms with Gasteiger partial charge in [0.25, 0.3) is 0 Å². The molecule has 0 saturated carbocycles. The lowest BCUT2D eigenvalue weighted by Crippen LogP contribution is -2.04. The van der Waals surface area contributed by atoms with E-state index in [1.54, 1.807) is 20.1 Å². The molecule has 0 N–H and O–H groups in total. The number of methoxy groups -OCH3 is 1. The van der Waals surface area contributed by atoms with Crippen LogP contribution in [0.2, 0.25) is 0 Å². The second-order valence-electron chi connectivity index (χ2n) is 2.96. The average Bonchev–Trinajstić information content (AvgIpc) is 2.60. The van der Waals surface area contributed by atoms with Gasteiger partial charge in [-0.25, -0.2) is 9.78 Å². The third kappa shape index (κ3) is 3.31. The molecule has 0 unspecified atom stereocenters. The SMILES string of the molecule is C=C=CCOC(=O)c1sc(COC)nc1C. The maximum atomic E-state index is 11.6. The predicted molar refractivity (Wildman–Crippen MR) is 61.6 cm³/mol. The zero-order valence-corrected chi connectivity index (χ0v) is 10.1. The Morgan fingerprint density at radius 3 is 3.06 bits per heavy atom. The Morgan fingerprint density at radius 2 is 2.44 bits per heavy atom. The Kier molecular flexibility index (Phi) is 4.92. The van der Waals surface area contributed by atoms with Crippen molar-refractivity contribution in [2.45, 2.75) is 13.5 Å². The van der Waals surface area contributed by atoms with Crippen LogP contribution in [0.15, 0.2) is 18.4 Å². The highest BCUT2D eigenvalue weighted by Crippen LogP contribution is 2.19. The number of aromatic nitrogens is 1. The molecule has 0 spiro atoms. The van der Waals surface area contributed by atoms with Crippen LogP contribution in [0.25, 0.3) is 0 Å². The Bertz CT molecular complexity index is 419. The van der Waals surface area contributed by atoms with E-state index >= 15 is 0 Å². The maximum Gasteiger partial charge on any atom is 0.350 e. The van der Waals surface area contributed by atoms with E-state index in [0.29, 0.717) is 17.2 Å². The molecule has 1 heterocycles. The lowest BCUT2D eigenvalue weighted by molar-refractivity contribution is 0.0554. The predicted octanol–water partition coefficient (Wildman–Crippen LogP) is 2.10. The van der Waals surface area contributed by atoms with E-state index in [4.69, 9.17) is 9.47 Å². The Hall–Kier alpha value is -1.42. The summed E-state index contributed by atoms with van der Waals surface area (Å²) in [7, 11) is 1.59. The average molecular weight is 239 g/mol. The van der Waals surface area contributed by atoms with Gasteiger partial charge in [-0.3, -0.25) is 0 Å². The monoisotopic (exact) mass is 239 g/mol. The number of esters is 1. The molecule has 4 nitrogen and oxygen atoms in total. The van der Waals surface area contributed by atoms with Gasteiger partial charge in [-0.1, -0.05) is 6.58 Å². The van der Waals surface area contributed by atoms with Gasteiger partial charge in [0.2, 0.25) is 0 Å². The molecule has 86 valence electrons. The number of aryl methyl sites for hydroxylation is 1. The van der Waals surface area contributed by atoms with Gasteiger partial charge in [0.05, 0.1) is 12.3 Å². The van der Waals surface area contributed by atoms with E-state index < -0.39 is 0 Å². The van der Waals surface area contributed by atoms with Crippen LogP contribution in [0.1, 0.15) is 20.4 Å². The summed E-state index contributed by atoms with van der Waals surface area (Å²) in [6.45, 7) is 5.74. The standard InChI is InChI=1S/C11H13NO3S/c1-4-5-6-15-11(13)10-8(2)12-9(16-10)7-14-3/h5H,1,6-7H2,2-3H3. The quantitative estimate of drug-likeness (QED) is 0.583. The van der Waals surface area contributed by atoms with Crippen LogP contribution in [-0.4, -0.2) is 24.7 Å². The second kappa shape index (κ2) is 6.23. The van der Waals surface area contributed by atoms with Crippen molar-refractivity contribution in [1.29, 1.82) is 0 Å². The first kappa shape index (κ1) is 12.6. The number of carbonyl (C=O) groups excluding carboxylic acids is 1. The van der Waals surface area contributed by atoms with E-state index in [0.717, 1.165) is 5.01 Å². The number of thiazole rings is 1. The highest BCUT2D eigenvalue weighted by atomic mass is 32.1. The third-order valence-electron chi connectivity index (χ3n) is 1.74. The summed E-state index contributed by atoms with van der Waals surface area (Å²) in [6, 6.07) is 0. The van der Waals surface area contributed by atoms with Gasteiger partial charge in [-0.2, -0.15) is 0 Å². The number of hydrogen-bond donors (Lipinski definition) is 0. The molecule has 0 amide bonds. The highest BCUT2D eigenvalue weighted by molar-refractivity contribution is 7.13. The molecule has 0 fully saturated rings. The largest absolute Gasteiger partial charge is 0.457 e. The summed E-state index contributed by atoms with van der Waals surface area (Å²) < 4.78 is 9.92. The van der Waals surface area contributed by atoms with Gasteiger partial charge in [0.1, 0.15) is 16.5 Å². The van der Waals surface area contributed by atoms with Crippen LogP contribution < -0.4 is 0 Å². The molecule has 0 radical (unpaired) electrons. The lowest BCUT2D eigenvalue weighted by Gasteiger charge is -1.98. The number of carbonyl (C=O) groups is 1. The lowest BCUT2D eigenvalue weighted by atomic mass is 10.4. The molecule has 0 bridgehead atoms. The van der Waals surface area contributed by atoms with Crippen molar-refractivity contribution in [2.75, 3.05) is 13.7 Å². The number of hydrogen-bond acceptors (Lipinski definition) is 5. The molecule has 0 aromatic carbocycles. The second-order valence-corrected chi connectivity index (χ2v) is 4.05. The smallest absolute Gasteiger partial charge is 0.350 e.